The fourth-order valence-corrected chi connectivity index (χ4v) is 2.08. The van der Waals surface area contributed by atoms with Crippen LogP contribution in [0.25, 0.3) is 0 Å². The van der Waals surface area contributed by atoms with Crippen LogP contribution in [-0.2, 0) is 9.53 Å². The minimum absolute atomic E-state index is 0.0858. The third-order valence-corrected chi connectivity index (χ3v) is 3.21. The normalized spacial score (nSPS) is 20.1. The molecule has 1 heterocycles. The van der Waals surface area contributed by atoms with E-state index in [2.05, 4.69) is 13.5 Å². The van der Waals surface area contributed by atoms with Crippen molar-refractivity contribution in [1.82, 2.24) is 0 Å². The maximum atomic E-state index is 11.4. The van der Waals surface area contributed by atoms with Crippen molar-refractivity contribution in [2.24, 2.45) is 0 Å². The molecule has 17 heavy (non-hydrogen) atoms. The van der Waals surface area contributed by atoms with Gasteiger partial charge in [-0.2, -0.15) is 0 Å². The Kier molecular flexibility index (Phi) is 6.03. The lowest BCUT2D eigenvalue weighted by Crippen LogP contribution is -2.24. The van der Waals surface area contributed by atoms with Gasteiger partial charge in [0.2, 0.25) is 0 Å². The zero-order valence-electron chi connectivity index (χ0n) is 11.1. The van der Waals surface area contributed by atoms with Gasteiger partial charge in [0.25, 0.3) is 0 Å². The summed E-state index contributed by atoms with van der Waals surface area (Å²) in [6.45, 7) is 7.95. The van der Waals surface area contributed by atoms with Crippen LogP contribution < -0.4 is 0 Å². The molecule has 0 spiro atoms. The van der Waals surface area contributed by atoms with E-state index in [4.69, 9.17) is 4.74 Å². The molecule has 0 bridgehead atoms. The third-order valence-electron chi connectivity index (χ3n) is 3.21. The molecule has 0 N–H and O–H groups in total. The van der Waals surface area contributed by atoms with Gasteiger partial charge in [-0.3, -0.25) is 0 Å². The molecule has 1 atom stereocenters. The molecule has 0 aromatic heterocycles. The molecule has 2 nitrogen and oxygen atoms in total. The molecule has 1 rings (SSSR count). The number of hydrogen-bond donors (Lipinski definition) is 0. The first-order valence-corrected chi connectivity index (χ1v) is 6.73. The zero-order chi connectivity index (χ0) is 12.7. The van der Waals surface area contributed by atoms with Crippen LogP contribution in [0.3, 0.4) is 0 Å². The van der Waals surface area contributed by atoms with Crippen LogP contribution in [0.4, 0.5) is 0 Å². The van der Waals surface area contributed by atoms with Crippen molar-refractivity contribution in [1.29, 1.82) is 0 Å². The van der Waals surface area contributed by atoms with E-state index in [1.165, 1.54) is 32.1 Å². The summed E-state index contributed by atoms with van der Waals surface area (Å²) in [5.41, 5.74) is 1.60. The molecule has 0 aromatic rings. The fraction of sp³-hybridized carbons (Fsp3) is 0.667. The highest BCUT2D eigenvalue weighted by Gasteiger charge is 2.22. The van der Waals surface area contributed by atoms with E-state index in [0.29, 0.717) is 5.57 Å². The van der Waals surface area contributed by atoms with Gasteiger partial charge in [-0.1, -0.05) is 45.6 Å². The Bertz CT molecular complexity index is 302. The van der Waals surface area contributed by atoms with E-state index in [1.54, 1.807) is 6.92 Å². The largest absolute Gasteiger partial charge is 0.454 e. The van der Waals surface area contributed by atoms with Gasteiger partial charge in [-0.25, -0.2) is 4.79 Å². The predicted molar refractivity (Wildman–Crippen MR) is 70.8 cm³/mol. The number of ether oxygens (including phenoxy) is 1. The smallest absolute Gasteiger partial charge is 0.334 e. The van der Waals surface area contributed by atoms with E-state index in [1.807, 2.05) is 6.08 Å². The van der Waals surface area contributed by atoms with Gasteiger partial charge in [0.1, 0.15) is 6.10 Å². The quantitative estimate of drug-likeness (QED) is 0.490. The van der Waals surface area contributed by atoms with Crippen LogP contribution in [0.1, 0.15) is 58.8 Å². The summed E-state index contributed by atoms with van der Waals surface area (Å²) in [5.74, 6) is -0.187. The summed E-state index contributed by atoms with van der Waals surface area (Å²) >= 11 is 0. The first-order valence-electron chi connectivity index (χ1n) is 6.73. The van der Waals surface area contributed by atoms with Gasteiger partial charge < -0.3 is 4.74 Å². The van der Waals surface area contributed by atoms with Crippen molar-refractivity contribution in [3.63, 3.8) is 0 Å². The number of rotatable bonds is 7. The maximum absolute atomic E-state index is 11.4. The minimum atomic E-state index is -0.187. The SMILES string of the molecule is C=C1C=C(C)C(=O)OC1CCCCCCCC. The molecule has 0 aliphatic carbocycles. The second-order valence-corrected chi connectivity index (χ2v) is 4.85. The summed E-state index contributed by atoms with van der Waals surface area (Å²) in [6, 6.07) is 0. The van der Waals surface area contributed by atoms with Crippen molar-refractivity contribution in [2.45, 2.75) is 64.9 Å². The Balaban J connectivity index is 2.20. The Morgan fingerprint density at radius 3 is 2.59 bits per heavy atom. The third kappa shape index (κ3) is 4.76. The van der Waals surface area contributed by atoms with Crippen molar-refractivity contribution in [2.75, 3.05) is 0 Å². The maximum Gasteiger partial charge on any atom is 0.334 e. The van der Waals surface area contributed by atoms with Crippen LogP contribution in [0.2, 0.25) is 0 Å². The summed E-state index contributed by atoms with van der Waals surface area (Å²) in [7, 11) is 0. The Labute approximate surface area is 105 Å². The topological polar surface area (TPSA) is 26.3 Å². The molecule has 0 saturated carbocycles. The van der Waals surface area contributed by atoms with Crippen LogP contribution in [0, 0.1) is 0 Å². The molecule has 0 aromatic carbocycles. The number of unbranched alkanes of at least 4 members (excludes halogenated alkanes) is 5. The zero-order valence-corrected chi connectivity index (χ0v) is 11.1. The lowest BCUT2D eigenvalue weighted by atomic mass is 9.99. The van der Waals surface area contributed by atoms with Crippen LogP contribution in [0.5, 0.6) is 0 Å². The molecule has 2 heteroatoms. The highest BCUT2D eigenvalue weighted by Crippen LogP contribution is 2.22. The molecule has 1 unspecified atom stereocenters. The average Bonchev–Trinajstić information content (AvgIpc) is 2.30. The molecule has 1 aliphatic rings. The molecule has 0 saturated heterocycles. The second-order valence-electron chi connectivity index (χ2n) is 4.85. The molecular weight excluding hydrogens is 212 g/mol. The summed E-state index contributed by atoms with van der Waals surface area (Å²) in [5, 5.41) is 0. The number of cyclic esters (lactones) is 1. The monoisotopic (exact) mass is 236 g/mol. The van der Waals surface area contributed by atoms with Gasteiger partial charge in [0.05, 0.1) is 0 Å². The molecule has 1 aliphatic heterocycles. The summed E-state index contributed by atoms with van der Waals surface area (Å²) in [4.78, 5) is 11.4. The minimum Gasteiger partial charge on any atom is -0.454 e. The Morgan fingerprint density at radius 1 is 1.24 bits per heavy atom. The summed E-state index contributed by atoms with van der Waals surface area (Å²) in [6.07, 6.45) is 10.2. The molecule has 0 radical (unpaired) electrons. The fourth-order valence-electron chi connectivity index (χ4n) is 2.08. The standard InChI is InChI=1S/C15H24O2/c1-4-5-6-7-8-9-10-14-12(2)11-13(3)15(16)17-14/h11,14H,2,4-10H2,1,3H3. The van der Waals surface area contributed by atoms with Gasteiger partial charge in [-0.05, 0) is 31.4 Å². The highest BCUT2D eigenvalue weighted by molar-refractivity contribution is 5.90. The van der Waals surface area contributed by atoms with Crippen molar-refractivity contribution < 1.29 is 9.53 Å². The van der Waals surface area contributed by atoms with Crippen LogP contribution in [-0.4, -0.2) is 12.1 Å². The van der Waals surface area contributed by atoms with E-state index in [-0.39, 0.29) is 12.1 Å². The predicted octanol–water partition coefficient (Wildman–Crippen LogP) is 4.16. The van der Waals surface area contributed by atoms with Gasteiger partial charge in [0.15, 0.2) is 0 Å². The number of esters is 1. The van der Waals surface area contributed by atoms with Crippen LogP contribution in [0.15, 0.2) is 23.8 Å². The van der Waals surface area contributed by atoms with E-state index < -0.39 is 0 Å². The van der Waals surface area contributed by atoms with Gasteiger partial charge >= 0.3 is 5.97 Å². The van der Waals surface area contributed by atoms with E-state index in [9.17, 15) is 4.79 Å². The number of carbonyl (C=O) groups excluding carboxylic acids is 1. The number of carbonyl (C=O) groups is 1. The Hall–Kier alpha value is -1.05. The average molecular weight is 236 g/mol. The van der Waals surface area contributed by atoms with Crippen molar-refractivity contribution in [3.05, 3.63) is 23.8 Å². The van der Waals surface area contributed by atoms with E-state index >= 15 is 0 Å². The highest BCUT2D eigenvalue weighted by atomic mass is 16.5. The molecule has 0 fully saturated rings. The van der Waals surface area contributed by atoms with Crippen molar-refractivity contribution >= 4 is 5.97 Å². The van der Waals surface area contributed by atoms with E-state index in [0.717, 1.165) is 18.4 Å². The lowest BCUT2D eigenvalue weighted by molar-refractivity contribution is -0.143. The van der Waals surface area contributed by atoms with Gasteiger partial charge in [-0.15, -0.1) is 0 Å². The Morgan fingerprint density at radius 2 is 1.88 bits per heavy atom. The summed E-state index contributed by atoms with van der Waals surface area (Å²) < 4.78 is 5.33. The first kappa shape index (κ1) is 14.0. The van der Waals surface area contributed by atoms with Crippen LogP contribution >= 0.6 is 0 Å². The van der Waals surface area contributed by atoms with Crippen molar-refractivity contribution in [3.8, 4) is 0 Å². The second kappa shape index (κ2) is 7.31. The molecule has 0 amide bonds. The van der Waals surface area contributed by atoms with Gasteiger partial charge in [0, 0.05) is 5.57 Å². The lowest BCUT2D eigenvalue weighted by Gasteiger charge is -2.23. The number of hydrogen-bond acceptors (Lipinski definition) is 2. The first-order chi connectivity index (χ1) is 8.15. The molecular formula is C15H24O2. The molecule has 96 valence electrons.